The number of fused-ring (bicyclic) bond motifs is 3. The summed E-state index contributed by atoms with van der Waals surface area (Å²) < 4.78 is 2.30. The third kappa shape index (κ3) is 4.95. The predicted octanol–water partition coefficient (Wildman–Crippen LogP) is 7.00. The second-order valence-corrected chi connectivity index (χ2v) is 9.88. The average Bonchev–Trinajstić information content (AvgIpc) is 2.97. The van der Waals surface area contributed by atoms with E-state index in [4.69, 9.17) is 5.84 Å². The molecule has 0 saturated carbocycles. The number of nitrogens with two attached hydrogens (primary N) is 1. The number of nitrogens with one attached hydrogen (secondary N) is 1. The van der Waals surface area contributed by atoms with Gasteiger partial charge in [0.25, 0.3) is 0 Å². The number of rotatable bonds is 10. The van der Waals surface area contributed by atoms with Crippen LogP contribution in [0.1, 0.15) is 75.8 Å². The first-order chi connectivity index (χ1) is 14.0. The Labute approximate surface area is 191 Å². The SMILES string of the molecule is CCCCC1(CCCCCCC(=O)NN)c2cc(Br)ccc2-c2ccc(Br)cc21. The van der Waals surface area contributed by atoms with Gasteiger partial charge in [0.05, 0.1) is 0 Å². The fourth-order valence-electron chi connectivity index (χ4n) is 4.72. The summed E-state index contributed by atoms with van der Waals surface area (Å²) in [6.07, 6.45) is 9.50. The third-order valence-electron chi connectivity index (χ3n) is 6.16. The fraction of sp³-hybridized carbons (Fsp3) is 0.458. The van der Waals surface area contributed by atoms with Gasteiger partial charge in [0.2, 0.25) is 5.91 Å². The Morgan fingerprint density at radius 1 is 0.897 bits per heavy atom. The molecular weight excluding hydrogens is 492 g/mol. The zero-order valence-corrected chi connectivity index (χ0v) is 20.2. The van der Waals surface area contributed by atoms with E-state index in [9.17, 15) is 4.79 Å². The van der Waals surface area contributed by atoms with Crippen molar-refractivity contribution in [3.63, 3.8) is 0 Å². The van der Waals surface area contributed by atoms with Crippen molar-refractivity contribution in [3.05, 3.63) is 56.5 Å². The highest BCUT2D eigenvalue weighted by atomic mass is 79.9. The van der Waals surface area contributed by atoms with Crippen LogP contribution in [0.5, 0.6) is 0 Å². The molecule has 0 spiro atoms. The van der Waals surface area contributed by atoms with Gasteiger partial charge in [-0.1, -0.05) is 83.0 Å². The van der Waals surface area contributed by atoms with Crippen LogP contribution >= 0.6 is 31.9 Å². The second kappa shape index (κ2) is 10.2. The Bertz CT molecular complexity index is 814. The van der Waals surface area contributed by atoms with Crippen molar-refractivity contribution in [2.75, 3.05) is 0 Å². The molecule has 0 atom stereocenters. The number of carbonyl (C=O) groups is 1. The molecule has 0 heterocycles. The molecule has 0 fully saturated rings. The highest BCUT2D eigenvalue weighted by molar-refractivity contribution is 9.10. The molecule has 2 aromatic carbocycles. The number of carbonyl (C=O) groups excluding carboxylic acids is 1. The van der Waals surface area contributed by atoms with Crippen LogP contribution in [0.3, 0.4) is 0 Å². The Hall–Kier alpha value is -1.17. The van der Waals surface area contributed by atoms with Gasteiger partial charge in [-0.05, 0) is 65.8 Å². The van der Waals surface area contributed by atoms with Gasteiger partial charge >= 0.3 is 0 Å². The summed E-state index contributed by atoms with van der Waals surface area (Å²) in [4.78, 5) is 11.3. The monoisotopic (exact) mass is 520 g/mol. The molecule has 29 heavy (non-hydrogen) atoms. The van der Waals surface area contributed by atoms with E-state index in [0.717, 1.165) is 41.0 Å². The summed E-state index contributed by atoms with van der Waals surface area (Å²) in [6, 6.07) is 13.5. The van der Waals surface area contributed by atoms with Gasteiger partial charge in [-0.2, -0.15) is 0 Å². The maximum atomic E-state index is 11.3. The van der Waals surface area contributed by atoms with Crippen LogP contribution in [0.4, 0.5) is 0 Å². The van der Waals surface area contributed by atoms with Gasteiger partial charge < -0.3 is 0 Å². The summed E-state index contributed by atoms with van der Waals surface area (Å²) in [5, 5.41) is 0. The van der Waals surface area contributed by atoms with E-state index in [-0.39, 0.29) is 11.3 Å². The average molecular weight is 522 g/mol. The van der Waals surface area contributed by atoms with Crippen molar-refractivity contribution in [1.82, 2.24) is 5.43 Å². The van der Waals surface area contributed by atoms with Crippen molar-refractivity contribution in [1.29, 1.82) is 0 Å². The molecule has 3 N–H and O–H groups in total. The number of hydrogen-bond donors (Lipinski definition) is 2. The van der Waals surface area contributed by atoms with E-state index in [1.54, 1.807) is 0 Å². The fourth-order valence-corrected chi connectivity index (χ4v) is 5.44. The van der Waals surface area contributed by atoms with E-state index in [1.165, 1.54) is 41.5 Å². The summed E-state index contributed by atoms with van der Waals surface area (Å²) in [5.74, 6) is 5.10. The normalized spacial score (nSPS) is 13.8. The summed E-state index contributed by atoms with van der Waals surface area (Å²) in [7, 11) is 0. The van der Waals surface area contributed by atoms with Crippen LogP contribution in [0, 0.1) is 0 Å². The van der Waals surface area contributed by atoms with E-state index in [0.29, 0.717) is 6.42 Å². The van der Waals surface area contributed by atoms with Gasteiger partial charge in [0, 0.05) is 20.8 Å². The van der Waals surface area contributed by atoms with Crippen LogP contribution in [0.25, 0.3) is 11.1 Å². The minimum Gasteiger partial charge on any atom is -0.294 e. The zero-order valence-electron chi connectivity index (χ0n) is 17.1. The molecule has 1 amide bonds. The summed E-state index contributed by atoms with van der Waals surface area (Å²) in [6.45, 7) is 2.27. The van der Waals surface area contributed by atoms with Gasteiger partial charge in [-0.25, -0.2) is 5.84 Å². The van der Waals surface area contributed by atoms with Crippen molar-refractivity contribution in [2.45, 2.75) is 70.1 Å². The van der Waals surface area contributed by atoms with Crippen LogP contribution in [0.15, 0.2) is 45.3 Å². The molecule has 3 nitrogen and oxygen atoms in total. The first-order valence-electron chi connectivity index (χ1n) is 10.6. The third-order valence-corrected chi connectivity index (χ3v) is 7.15. The van der Waals surface area contributed by atoms with Gasteiger partial charge in [0.15, 0.2) is 0 Å². The van der Waals surface area contributed by atoms with E-state index < -0.39 is 0 Å². The quantitative estimate of drug-likeness (QED) is 0.153. The topological polar surface area (TPSA) is 55.1 Å². The van der Waals surface area contributed by atoms with Gasteiger partial charge in [-0.15, -0.1) is 0 Å². The smallest absolute Gasteiger partial charge is 0.233 e. The molecule has 0 aliphatic heterocycles. The van der Waals surface area contributed by atoms with Crippen molar-refractivity contribution in [3.8, 4) is 11.1 Å². The Balaban J connectivity index is 1.85. The molecule has 156 valence electrons. The number of benzene rings is 2. The van der Waals surface area contributed by atoms with Crippen molar-refractivity contribution in [2.24, 2.45) is 5.84 Å². The molecular formula is C24H30Br2N2O. The van der Waals surface area contributed by atoms with Crippen LogP contribution in [-0.4, -0.2) is 5.91 Å². The molecule has 5 heteroatoms. The minimum absolute atomic E-state index is 0.0715. The first-order valence-corrected chi connectivity index (χ1v) is 12.2. The largest absolute Gasteiger partial charge is 0.294 e. The second-order valence-electron chi connectivity index (χ2n) is 8.05. The van der Waals surface area contributed by atoms with E-state index >= 15 is 0 Å². The van der Waals surface area contributed by atoms with Crippen molar-refractivity contribution >= 4 is 37.8 Å². The standard InChI is InChI=1S/C24H30Br2N2O/c1-2-3-13-24(14-7-5-4-6-8-23(29)28-27)21-15-17(25)9-11-19(21)20-12-10-18(26)16-22(20)24/h9-12,15-16H,2-8,13-14,27H2,1H3,(H,28,29). The lowest BCUT2D eigenvalue weighted by Crippen LogP contribution is -2.29. The summed E-state index contributed by atoms with van der Waals surface area (Å²) in [5.41, 5.74) is 7.99. The molecule has 1 aliphatic rings. The maximum Gasteiger partial charge on any atom is 0.233 e. The van der Waals surface area contributed by atoms with Crippen molar-refractivity contribution < 1.29 is 4.79 Å². The number of hydrazine groups is 1. The lowest BCUT2D eigenvalue weighted by Gasteiger charge is -2.33. The Kier molecular flexibility index (Phi) is 7.94. The first kappa shape index (κ1) is 22.5. The number of unbranched alkanes of at least 4 members (excludes halogenated alkanes) is 4. The Morgan fingerprint density at radius 3 is 2.00 bits per heavy atom. The molecule has 0 aromatic heterocycles. The molecule has 0 bridgehead atoms. The molecule has 0 radical (unpaired) electrons. The minimum atomic E-state index is -0.0715. The summed E-state index contributed by atoms with van der Waals surface area (Å²) >= 11 is 7.42. The number of halogens is 2. The van der Waals surface area contributed by atoms with Crippen LogP contribution in [-0.2, 0) is 10.2 Å². The number of amides is 1. The molecule has 0 saturated heterocycles. The zero-order chi connectivity index (χ0) is 20.9. The van der Waals surface area contributed by atoms with Crippen LogP contribution in [0.2, 0.25) is 0 Å². The Morgan fingerprint density at radius 2 is 1.45 bits per heavy atom. The molecule has 0 unspecified atom stereocenters. The number of hydrogen-bond acceptors (Lipinski definition) is 2. The predicted molar refractivity (Wildman–Crippen MR) is 128 cm³/mol. The lowest BCUT2D eigenvalue weighted by molar-refractivity contribution is -0.121. The van der Waals surface area contributed by atoms with E-state index in [1.807, 2.05) is 0 Å². The molecule has 3 rings (SSSR count). The van der Waals surface area contributed by atoms with E-state index in [2.05, 4.69) is 80.6 Å². The maximum absolute atomic E-state index is 11.3. The molecule has 2 aromatic rings. The highest BCUT2D eigenvalue weighted by Crippen LogP contribution is 2.55. The molecule has 1 aliphatic carbocycles. The van der Waals surface area contributed by atoms with Gasteiger partial charge in [-0.3, -0.25) is 10.2 Å². The lowest BCUT2D eigenvalue weighted by atomic mass is 9.71. The highest BCUT2D eigenvalue weighted by Gasteiger charge is 2.42. The van der Waals surface area contributed by atoms with Crippen LogP contribution < -0.4 is 11.3 Å². The van der Waals surface area contributed by atoms with Gasteiger partial charge in [0.1, 0.15) is 0 Å².